The van der Waals surface area contributed by atoms with Gasteiger partial charge in [-0.15, -0.1) is 0 Å². The molecule has 226 valence electrons. The Kier molecular flexibility index (Phi) is 9.32. The number of hydrogen-bond acceptors (Lipinski definition) is 4. The van der Waals surface area contributed by atoms with Gasteiger partial charge in [0.15, 0.2) is 0 Å². The normalized spacial score (nSPS) is 43.6. The molecule has 2 saturated heterocycles. The zero-order chi connectivity index (χ0) is 27.9. The van der Waals surface area contributed by atoms with Crippen LogP contribution in [0.4, 0.5) is 13.2 Å². The highest BCUT2D eigenvalue weighted by atomic mass is 32.2. The lowest BCUT2D eigenvalue weighted by atomic mass is 9.60. The number of halogens is 3. The number of nitrogens with zero attached hydrogens (tertiary/aromatic N) is 2. The van der Waals surface area contributed by atoms with Gasteiger partial charge < -0.3 is 5.11 Å². The first-order chi connectivity index (χ1) is 18.5. The minimum absolute atomic E-state index is 0.000304. The van der Waals surface area contributed by atoms with Gasteiger partial charge in [-0.05, 0) is 99.8 Å². The van der Waals surface area contributed by atoms with Gasteiger partial charge in [-0.2, -0.15) is 13.2 Å². The van der Waals surface area contributed by atoms with Gasteiger partial charge in [0.2, 0.25) is 10.0 Å². The molecule has 8 atom stereocenters. The molecule has 39 heavy (non-hydrogen) atoms. The molecule has 0 bridgehead atoms. The predicted molar refractivity (Wildman–Crippen MR) is 148 cm³/mol. The standard InChI is InChI=1S/C30H51F3N2O3S/c1-20-8-7-9-24(21(20)2)22-12-14-23(15-13-22)29-26-18-34(16-5-6-17-35(26)27(29)19-36)39(37,38)28-11-4-3-10-25(28)30(31,32)33/h20-29,36H,3-19H2,1-2H3/t20?,21?,22?,23?,24?,25?,26?,27-,28?,29+/m1/s1. The Morgan fingerprint density at radius 2 is 1.49 bits per heavy atom. The molecule has 2 heterocycles. The Hall–Kier alpha value is -0.380. The summed E-state index contributed by atoms with van der Waals surface area (Å²) in [6.07, 6.45) is 6.65. The summed E-state index contributed by atoms with van der Waals surface area (Å²) in [6.45, 7) is 6.34. The van der Waals surface area contributed by atoms with Gasteiger partial charge in [0.25, 0.3) is 0 Å². The van der Waals surface area contributed by atoms with Gasteiger partial charge in [0.1, 0.15) is 0 Å². The Morgan fingerprint density at radius 3 is 2.18 bits per heavy atom. The first-order valence-corrected chi connectivity index (χ1v) is 17.5. The molecule has 5 aliphatic rings. The number of hydrogen-bond donors (Lipinski definition) is 1. The van der Waals surface area contributed by atoms with Crippen LogP contribution in [0.5, 0.6) is 0 Å². The maximum Gasteiger partial charge on any atom is 0.393 e. The minimum Gasteiger partial charge on any atom is -0.395 e. The molecule has 6 unspecified atom stereocenters. The van der Waals surface area contributed by atoms with Crippen molar-refractivity contribution in [3.8, 4) is 0 Å². The van der Waals surface area contributed by atoms with Crippen molar-refractivity contribution in [2.24, 2.45) is 41.4 Å². The van der Waals surface area contributed by atoms with Crippen molar-refractivity contribution in [1.29, 1.82) is 0 Å². The summed E-state index contributed by atoms with van der Waals surface area (Å²) < 4.78 is 70.7. The summed E-state index contributed by atoms with van der Waals surface area (Å²) in [5.74, 6) is 2.05. The zero-order valence-corrected chi connectivity index (χ0v) is 24.8. The topological polar surface area (TPSA) is 60.9 Å². The molecule has 0 amide bonds. The number of alkyl halides is 3. The summed E-state index contributed by atoms with van der Waals surface area (Å²) in [4.78, 5) is 2.28. The summed E-state index contributed by atoms with van der Waals surface area (Å²) >= 11 is 0. The van der Waals surface area contributed by atoms with E-state index < -0.39 is 27.4 Å². The Labute approximate surface area is 234 Å². The monoisotopic (exact) mass is 576 g/mol. The molecule has 0 aromatic carbocycles. The van der Waals surface area contributed by atoms with Gasteiger partial charge >= 0.3 is 6.18 Å². The second kappa shape index (κ2) is 12.1. The van der Waals surface area contributed by atoms with Crippen molar-refractivity contribution in [3.63, 3.8) is 0 Å². The van der Waals surface area contributed by atoms with Crippen LogP contribution < -0.4 is 0 Å². The Bertz CT molecular complexity index is 923. The molecular formula is C30H51F3N2O3S. The smallest absolute Gasteiger partial charge is 0.393 e. The predicted octanol–water partition coefficient (Wildman–Crippen LogP) is 6.07. The number of fused-ring (bicyclic) bond motifs is 1. The lowest BCUT2D eigenvalue weighted by molar-refractivity contribution is -0.180. The van der Waals surface area contributed by atoms with Crippen molar-refractivity contribution in [2.75, 3.05) is 26.2 Å². The van der Waals surface area contributed by atoms with E-state index in [2.05, 4.69) is 18.7 Å². The average molecular weight is 577 g/mol. The number of aliphatic hydroxyl groups is 1. The minimum atomic E-state index is -4.49. The van der Waals surface area contributed by atoms with Gasteiger partial charge in [-0.1, -0.05) is 39.5 Å². The molecule has 3 saturated carbocycles. The van der Waals surface area contributed by atoms with Crippen LogP contribution in [0.1, 0.15) is 97.3 Å². The van der Waals surface area contributed by atoms with Crippen molar-refractivity contribution in [3.05, 3.63) is 0 Å². The van der Waals surface area contributed by atoms with Crippen LogP contribution in [0.25, 0.3) is 0 Å². The number of sulfonamides is 1. The zero-order valence-electron chi connectivity index (χ0n) is 24.0. The fourth-order valence-electron chi connectivity index (χ4n) is 9.64. The van der Waals surface area contributed by atoms with Crippen molar-refractivity contribution in [2.45, 2.75) is 121 Å². The van der Waals surface area contributed by atoms with Gasteiger partial charge in [-0.3, -0.25) is 4.90 Å². The molecule has 5 fully saturated rings. The summed E-state index contributed by atoms with van der Waals surface area (Å²) in [6, 6.07) is 0.0470. The molecule has 1 N–H and O–H groups in total. The van der Waals surface area contributed by atoms with E-state index in [9.17, 15) is 26.7 Å². The molecule has 5 nitrogen and oxygen atoms in total. The van der Waals surface area contributed by atoms with E-state index in [0.717, 1.165) is 49.5 Å². The highest BCUT2D eigenvalue weighted by Crippen LogP contribution is 2.50. The fourth-order valence-corrected chi connectivity index (χ4v) is 11.9. The van der Waals surface area contributed by atoms with Crippen LogP contribution in [0.15, 0.2) is 0 Å². The van der Waals surface area contributed by atoms with Gasteiger partial charge in [0, 0.05) is 25.2 Å². The molecule has 0 aromatic heterocycles. The fraction of sp³-hybridized carbons (Fsp3) is 1.00. The van der Waals surface area contributed by atoms with E-state index >= 15 is 0 Å². The van der Waals surface area contributed by atoms with E-state index in [-0.39, 0.29) is 44.0 Å². The maximum atomic E-state index is 13.9. The van der Waals surface area contributed by atoms with E-state index in [4.69, 9.17) is 0 Å². The maximum absolute atomic E-state index is 13.9. The molecule has 2 aliphatic heterocycles. The second-order valence-corrected chi connectivity index (χ2v) is 16.0. The Morgan fingerprint density at radius 1 is 0.821 bits per heavy atom. The first-order valence-electron chi connectivity index (χ1n) is 16.0. The summed E-state index contributed by atoms with van der Waals surface area (Å²) in [5, 5.41) is 9.00. The van der Waals surface area contributed by atoms with Crippen LogP contribution in [-0.2, 0) is 10.0 Å². The molecular weight excluding hydrogens is 525 g/mol. The van der Waals surface area contributed by atoms with E-state index in [0.29, 0.717) is 31.7 Å². The highest BCUT2D eigenvalue weighted by molar-refractivity contribution is 7.89. The third-order valence-electron chi connectivity index (χ3n) is 12.0. The van der Waals surface area contributed by atoms with Crippen LogP contribution >= 0.6 is 0 Å². The summed E-state index contributed by atoms with van der Waals surface area (Å²) in [5.41, 5.74) is 0. The molecule has 0 aromatic rings. The first kappa shape index (κ1) is 30.1. The third kappa shape index (κ3) is 5.94. The molecule has 0 radical (unpaired) electrons. The highest BCUT2D eigenvalue weighted by Gasteiger charge is 2.56. The van der Waals surface area contributed by atoms with Crippen molar-refractivity contribution >= 4 is 10.0 Å². The van der Waals surface area contributed by atoms with Crippen molar-refractivity contribution in [1.82, 2.24) is 9.21 Å². The van der Waals surface area contributed by atoms with E-state index in [1.807, 2.05) is 0 Å². The number of rotatable bonds is 5. The molecule has 5 rings (SSSR count). The van der Waals surface area contributed by atoms with Crippen molar-refractivity contribution < 1.29 is 26.7 Å². The average Bonchev–Trinajstić information content (AvgIpc) is 2.89. The van der Waals surface area contributed by atoms with Gasteiger partial charge in [0.05, 0.1) is 17.8 Å². The number of aliphatic hydroxyl groups excluding tert-OH is 1. The summed E-state index contributed by atoms with van der Waals surface area (Å²) in [7, 11) is -4.07. The lowest BCUT2D eigenvalue weighted by Gasteiger charge is -2.60. The lowest BCUT2D eigenvalue weighted by Crippen LogP contribution is -2.71. The SMILES string of the molecule is CC1CCCC(C2CCC([C@H]3C4CN(S(=O)(=O)C5CCCCC5C(F)(F)F)CCCCN4[C@@H]3CO)CC2)C1C. The van der Waals surface area contributed by atoms with Gasteiger partial charge in [-0.25, -0.2) is 12.7 Å². The van der Waals surface area contributed by atoms with Crippen LogP contribution in [0.2, 0.25) is 0 Å². The third-order valence-corrected chi connectivity index (χ3v) is 14.4. The second-order valence-electron chi connectivity index (χ2n) is 13.8. The van der Waals surface area contributed by atoms with E-state index in [1.54, 1.807) is 0 Å². The van der Waals surface area contributed by atoms with Crippen LogP contribution in [-0.4, -0.2) is 72.5 Å². The largest absolute Gasteiger partial charge is 0.395 e. The molecule has 3 aliphatic carbocycles. The molecule has 9 heteroatoms. The quantitative estimate of drug-likeness (QED) is 0.432. The van der Waals surface area contributed by atoms with Crippen LogP contribution in [0, 0.1) is 41.4 Å². The Balaban J connectivity index is 1.29. The van der Waals surface area contributed by atoms with E-state index in [1.165, 1.54) is 36.4 Å². The molecule has 0 spiro atoms. The van der Waals surface area contributed by atoms with Crippen LogP contribution in [0.3, 0.4) is 0 Å².